The molecule has 0 atom stereocenters. The van der Waals surface area contributed by atoms with Gasteiger partial charge in [0, 0.05) is 17.3 Å². The summed E-state index contributed by atoms with van der Waals surface area (Å²) in [6.07, 6.45) is 0.936. The third-order valence-electron chi connectivity index (χ3n) is 4.01. The molecule has 6 heteroatoms. The van der Waals surface area contributed by atoms with Crippen LogP contribution in [0.25, 0.3) is 0 Å². The first-order valence-electron chi connectivity index (χ1n) is 8.51. The minimum Gasteiger partial charge on any atom is -0.350 e. The van der Waals surface area contributed by atoms with Crippen LogP contribution in [0.2, 0.25) is 5.02 Å². The Hall–Kier alpha value is -2.53. The number of halogens is 1. The molecule has 0 unspecified atom stereocenters. The molecule has 0 heterocycles. The number of amides is 3. The first kappa shape index (κ1) is 19.8. The number of anilines is 1. The molecule has 0 saturated carbocycles. The van der Waals surface area contributed by atoms with Crippen LogP contribution in [0.4, 0.5) is 10.5 Å². The molecule has 3 N–H and O–H groups in total. The first-order chi connectivity index (χ1) is 12.3. The van der Waals surface area contributed by atoms with Crippen molar-refractivity contribution in [1.29, 1.82) is 0 Å². The van der Waals surface area contributed by atoms with Crippen molar-refractivity contribution in [2.24, 2.45) is 0 Å². The fraction of sp³-hybridized carbons (Fsp3) is 0.300. The number of urea groups is 1. The second kappa shape index (κ2) is 8.72. The van der Waals surface area contributed by atoms with Crippen LogP contribution in [0.1, 0.15) is 31.9 Å². The summed E-state index contributed by atoms with van der Waals surface area (Å²) < 4.78 is 0. The van der Waals surface area contributed by atoms with Gasteiger partial charge in [0.25, 0.3) is 0 Å². The maximum absolute atomic E-state index is 12.4. The molecule has 0 aliphatic rings. The maximum Gasteiger partial charge on any atom is 0.320 e. The molecule has 0 spiro atoms. The van der Waals surface area contributed by atoms with E-state index in [1.54, 1.807) is 19.9 Å². The Bertz CT molecular complexity index is 773. The van der Waals surface area contributed by atoms with Crippen LogP contribution in [-0.4, -0.2) is 17.5 Å². The summed E-state index contributed by atoms with van der Waals surface area (Å²) in [5.41, 5.74) is 1.61. The van der Waals surface area contributed by atoms with Gasteiger partial charge in [0.05, 0.1) is 0 Å². The molecule has 0 aliphatic heterocycles. The van der Waals surface area contributed by atoms with Crippen molar-refractivity contribution in [3.63, 3.8) is 0 Å². The summed E-state index contributed by atoms with van der Waals surface area (Å²) in [6, 6.07) is 14.4. The summed E-state index contributed by atoms with van der Waals surface area (Å²) in [5.74, 6) is -0.297. The topological polar surface area (TPSA) is 70.2 Å². The summed E-state index contributed by atoms with van der Waals surface area (Å²) in [5, 5.41) is 8.81. The number of nitrogens with one attached hydrogen (secondary N) is 3. The van der Waals surface area contributed by atoms with Gasteiger partial charge in [-0.25, -0.2) is 4.79 Å². The van der Waals surface area contributed by atoms with Crippen LogP contribution in [0.3, 0.4) is 0 Å². The van der Waals surface area contributed by atoms with Crippen LogP contribution in [0, 0.1) is 0 Å². The summed E-state index contributed by atoms with van der Waals surface area (Å²) in [7, 11) is 0. The second-order valence-electron chi connectivity index (χ2n) is 6.53. The first-order valence-corrected chi connectivity index (χ1v) is 8.89. The molecule has 5 nitrogen and oxygen atoms in total. The number of hydrogen-bond acceptors (Lipinski definition) is 2. The zero-order valence-corrected chi connectivity index (χ0v) is 16.0. The molecule has 2 aromatic rings. The van der Waals surface area contributed by atoms with Crippen LogP contribution < -0.4 is 16.0 Å². The van der Waals surface area contributed by atoms with E-state index in [2.05, 4.69) is 22.9 Å². The lowest BCUT2D eigenvalue weighted by Gasteiger charge is -2.25. The Morgan fingerprint density at radius 3 is 2.31 bits per heavy atom. The molecular formula is C20H24ClN3O2. The predicted molar refractivity (Wildman–Crippen MR) is 105 cm³/mol. The largest absolute Gasteiger partial charge is 0.350 e. The molecule has 138 valence electrons. The van der Waals surface area contributed by atoms with Gasteiger partial charge < -0.3 is 16.0 Å². The van der Waals surface area contributed by atoms with E-state index in [4.69, 9.17) is 11.6 Å². The van der Waals surface area contributed by atoms with Crippen LogP contribution in [0.5, 0.6) is 0 Å². The lowest BCUT2D eigenvalue weighted by atomic mass is 10.0. The third kappa shape index (κ3) is 5.49. The van der Waals surface area contributed by atoms with Crippen LogP contribution in [0.15, 0.2) is 48.5 Å². The highest BCUT2D eigenvalue weighted by Gasteiger charge is 2.29. The van der Waals surface area contributed by atoms with Crippen LogP contribution in [-0.2, 0) is 17.8 Å². The standard InChI is InChI=1S/C20H24ClN3O2/c1-4-14-9-11-16(12-10-14)23-19(26)24-20(2,3)18(25)22-13-15-7-5-6-8-17(15)21/h5-12H,4,13H2,1-3H3,(H,22,25)(H2,23,24,26). The molecular weight excluding hydrogens is 350 g/mol. The average molecular weight is 374 g/mol. The molecule has 2 aromatic carbocycles. The Kier molecular flexibility index (Phi) is 6.64. The Balaban J connectivity index is 1.90. The normalized spacial score (nSPS) is 10.9. The monoisotopic (exact) mass is 373 g/mol. The number of hydrogen-bond donors (Lipinski definition) is 3. The van der Waals surface area contributed by atoms with E-state index in [9.17, 15) is 9.59 Å². The number of aryl methyl sites for hydroxylation is 1. The van der Waals surface area contributed by atoms with Gasteiger partial charge >= 0.3 is 6.03 Å². The van der Waals surface area contributed by atoms with Crippen molar-refractivity contribution in [2.45, 2.75) is 39.3 Å². The zero-order chi connectivity index (χ0) is 19.2. The third-order valence-corrected chi connectivity index (χ3v) is 4.38. The zero-order valence-electron chi connectivity index (χ0n) is 15.2. The molecule has 0 saturated heterocycles. The minimum atomic E-state index is -1.07. The molecule has 0 aromatic heterocycles. The number of carbonyl (C=O) groups excluding carboxylic acids is 2. The molecule has 0 radical (unpaired) electrons. The van der Waals surface area contributed by atoms with E-state index in [0.717, 1.165) is 12.0 Å². The minimum absolute atomic E-state index is 0.295. The number of benzene rings is 2. The van der Waals surface area contributed by atoms with E-state index < -0.39 is 11.6 Å². The van der Waals surface area contributed by atoms with Gasteiger partial charge in [-0.05, 0) is 49.6 Å². The predicted octanol–water partition coefficient (Wildman–Crippen LogP) is 4.12. The highest BCUT2D eigenvalue weighted by Crippen LogP contribution is 2.15. The number of rotatable bonds is 6. The van der Waals surface area contributed by atoms with Gasteiger partial charge in [-0.2, -0.15) is 0 Å². The lowest BCUT2D eigenvalue weighted by Crippen LogP contribution is -2.55. The van der Waals surface area contributed by atoms with Gasteiger partial charge in [-0.1, -0.05) is 48.9 Å². The molecule has 0 bridgehead atoms. The molecule has 0 aliphatic carbocycles. The lowest BCUT2D eigenvalue weighted by molar-refractivity contribution is -0.126. The van der Waals surface area contributed by atoms with E-state index >= 15 is 0 Å². The Morgan fingerprint density at radius 1 is 1.04 bits per heavy atom. The van der Waals surface area contributed by atoms with E-state index in [-0.39, 0.29) is 5.91 Å². The van der Waals surface area contributed by atoms with E-state index in [1.807, 2.05) is 42.5 Å². The van der Waals surface area contributed by atoms with E-state index in [1.165, 1.54) is 5.56 Å². The SMILES string of the molecule is CCc1ccc(NC(=O)NC(C)(C)C(=O)NCc2ccccc2Cl)cc1. The fourth-order valence-electron chi connectivity index (χ4n) is 2.36. The quantitative estimate of drug-likeness (QED) is 0.712. The van der Waals surface area contributed by atoms with Crippen molar-refractivity contribution < 1.29 is 9.59 Å². The van der Waals surface area contributed by atoms with Gasteiger partial charge in [-0.3, -0.25) is 4.79 Å². The van der Waals surface area contributed by atoms with Crippen molar-refractivity contribution in [3.05, 3.63) is 64.7 Å². The highest BCUT2D eigenvalue weighted by molar-refractivity contribution is 6.31. The van der Waals surface area contributed by atoms with Crippen molar-refractivity contribution >= 4 is 29.2 Å². The summed E-state index contributed by atoms with van der Waals surface area (Å²) >= 11 is 6.09. The van der Waals surface area contributed by atoms with Gasteiger partial charge in [-0.15, -0.1) is 0 Å². The molecule has 26 heavy (non-hydrogen) atoms. The highest BCUT2D eigenvalue weighted by atomic mass is 35.5. The smallest absolute Gasteiger partial charge is 0.320 e. The van der Waals surface area contributed by atoms with Crippen LogP contribution >= 0.6 is 11.6 Å². The van der Waals surface area contributed by atoms with Crippen molar-refractivity contribution in [2.75, 3.05) is 5.32 Å². The van der Waals surface area contributed by atoms with Gasteiger partial charge in [0.2, 0.25) is 5.91 Å². The Morgan fingerprint density at radius 2 is 1.69 bits per heavy atom. The molecule has 3 amide bonds. The fourth-order valence-corrected chi connectivity index (χ4v) is 2.57. The van der Waals surface area contributed by atoms with Gasteiger partial charge in [0.15, 0.2) is 0 Å². The van der Waals surface area contributed by atoms with E-state index in [0.29, 0.717) is 17.3 Å². The maximum atomic E-state index is 12.4. The number of carbonyl (C=O) groups is 2. The Labute approximate surface area is 159 Å². The summed E-state index contributed by atoms with van der Waals surface area (Å²) in [4.78, 5) is 24.6. The van der Waals surface area contributed by atoms with Crippen molar-refractivity contribution in [1.82, 2.24) is 10.6 Å². The second-order valence-corrected chi connectivity index (χ2v) is 6.94. The van der Waals surface area contributed by atoms with Crippen molar-refractivity contribution in [3.8, 4) is 0 Å². The van der Waals surface area contributed by atoms with Gasteiger partial charge in [0.1, 0.15) is 5.54 Å². The summed E-state index contributed by atoms with van der Waals surface area (Å²) in [6.45, 7) is 5.66. The average Bonchev–Trinajstić information content (AvgIpc) is 2.60. The molecule has 2 rings (SSSR count). The molecule has 0 fully saturated rings.